The Bertz CT molecular complexity index is 821. The van der Waals surface area contributed by atoms with Crippen molar-refractivity contribution >= 4 is 22.7 Å². The van der Waals surface area contributed by atoms with Crippen LogP contribution in [-0.4, -0.2) is 37.4 Å². The van der Waals surface area contributed by atoms with Gasteiger partial charge in [-0.1, -0.05) is 0 Å². The summed E-state index contributed by atoms with van der Waals surface area (Å²) in [4.78, 5) is 19.1. The summed E-state index contributed by atoms with van der Waals surface area (Å²) in [6, 6.07) is 6.00. The number of ether oxygens (including phenoxy) is 3. The van der Waals surface area contributed by atoms with E-state index < -0.39 is 0 Å². The fourth-order valence-corrected chi connectivity index (χ4v) is 3.57. The molecule has 3 heterocycles. The molecule has 1 aromatic carbocycles. The molecule has 2 aromatic rings. The summed E-state index contributed by atoms with van der Waals surface area (Å²) in [5, 5.41) is 1.06. The molecule has 2 aliphatic rings. The van der Waals surface area contributed by atoms with Crippen LogP contribution in [0.3, 0.4) is 0 Å². The van der Waals surface area contributed by atoms with Gasteiger partial charge in [0.15, 0.2) is 11.5 Å². The van der Waals surface area contributed by atoms with Crippen molar-refractivity contribution in [3.8, 4) is 11.5 Å². The second-order valence-electron chi connectivity index (χ2n) is 6.56. The lowest BCUT2D eigenvalue weighted by atomic mass is 9.98. The molecule has 0 unspecified atom stereocenters. The van der Waals surface area contributed by atoms with Gasteiger partial charge in [-0.2, -0.15) is 0 Å². The minimum absolute atomic E-state index is 0.0803. The van der Waals surface area contributed by atoms with Gasteiger partial charge in [0, 0.05) is 24.5 Å². The van der Waals surface area contributed by atoms with Crippen LogP contribution in [0.2, 0.25) is 0 Å². The van der Waals surface area contributed by atoms with E-state index >= 15 is 0 Å². The van der Waals surface area contributed by atoms with Gasteiger partial charge in [-0.15, -0.1) is 0 Å². The molecule has 6 heteroatoms. The third kappa shape index (κ3) is 2.97. The third-order valence-electron chi connectivity index (χ3n) is 4.86. The monoisotopic (exact) mass is 342 g/mol. The zero-order chi connectivity index (χ0) is 17.4. The molecule has 4 rings (SSSR count). The normalized spacial score (nSPS) is 19.3. The molecule has 1 saturated heterocycles. The van der Waals surface area contributed by atoms with Crippen molar-refractivity contribution in [2.24, 2.45) is 5.92 Å². The van der Waals surface area contributed by atoms with E-state index in [1.54, 1.807) is 0 Å². The molecule has 0 bridgehead atoms. The van der Waals surface area contributed by atoms with E-state index in [0.29, 0.717) is 13.2 Å². The Kier molecular flexibility index (Phi) is 4.11. The van der Waals surface area contributed by atoms with Crippen LogP contribution in [0, 0.1) is 12.8 Å². The average molecular weight is 342 g/mol. The van der Waals surface area contributed by atoms with Crippen LogP contribution in [0.5, 0.6) is 11.5 Å². The van der Waals surface area contributed by atoms with Crippen molar-refractivity contribution in [3.05, 3.63) is 23.8 Å². The Morgan fingerprint density at radius 1 is 1.32 bits per heavy atom. The first-order valence-corrected chi connectivity index (χ1v) is 8.78. The Morgan fingerprint density at radius 3 is 2.92 bits per heavy atom. The number of hydrogen-bond donors (Lipinski definition) is 0. The molecule has 0 spiro atoms. The smallest absolute Gasteiger partial charge is 0.310 e. The lowest BCUT2D eigenvalue weighted by Crippen LogP contribution is -2.39. The van der Waals surface area contributed by atoms with Gasteiger partial charge in [-0.05, 0) is 44.4 Å². The molecule has 132 valence electrons. The predicted molar refractivity (Wildman–Crippen MR) is 94.2 cm³/mol. The first-order valence-electron chi connectivity index (χ1n) is 8.78. The number of pyridine rings is 1. The van der Waals surface area contributed by atoms with Crippen LogP contribution < -0.4 is 14.4 Å². The van der Waals surface area contributed by atoms with Crippen LogP contribution in [0.1, 0.15) is 25.3 Å². The minimum Gasteiger partial charge on any atom is -0.466 e. The van der Waals surface area contributed by atoms with Crippen molar-refractivity contribution in [1.29, 1.82) is 0 Å². The maximum Gasteiger partial charge on any atom is 0.310 e. The molecular formula is C19H22N2O4. The molecule has 0 N–H and O–H groups in total. The van der Waals surface area contributed by atoms with Gasteiger partial charge >= 0.3 is 5.97 Å². The van der Waals surface area contributed by atoms with Crippen LogP contribution in [0.25, 0.3) is 10.9 Å². The number of anilines is 1. The fourth-order valence-electron chi connectivity index (χ4n) is 3.57. The van der Waals surface area contributed by atoms with Crippen molar-refractivity contribution < 1.29 is 19.0 Å². The predicted octanol–water partition coefficient (Wildman–Crippen LogP) is 3.05. The van der Waals surface area contributed by atoms with Crippen molar-refractivity contribution in [2.75, 3.05) is 31.4 Å². The molecule has 1 atom stereocenters. The number of nitrogens with zero attached hydrogens (tertiary/aromatic N) is 2. The number of aromatic nitrogens is 1. The molecule has 6 nitrogen and oxygen atoms in total. The summed E-state index contributed by atoms with van der Waals surface area (Å²) in [6.45, 7) is 6.15. The Morgan fingerprint density at radius 2 is 2.12 bits per heavy atom. The SMILES string of the molecule is CCOC(=O)[C@H]1CCCN(c2cc(C)c3cc4c(cc3n2)OCO4)C1. The lowest BCUT2D eigenvalue weighted by molar-refractivity contribution is -0.148. The lowest BCUT2D eigenvalue weighted by Gasteiger charge is -2.32. The number of benzene rings is 1. The largest absolute Gasteiger partial charge is 0.466 e. The average Bonchev–Trinajstić information content (AvgIpc) is 3.08. The summed E-state index contributed by atoms with van der Waals surface area (Å²) in [5.74, 6) is 2.22. The quantitative estimate of drug-likeness (QED) is 0.799. The Labute approximate surface area is 146 Å². The first kappa shape index (κ1) is 16.0. The fraction of sp³-hybridized carbons (Fsp3) is 0.474. The summed E-state index contributed by atoms with van der Waals surface area (Å²) in [7, 11) is 0. The second-order valence-corrected chi connectivity index (χ2v) is 6.56. The first-order chi connectivity index (χ1) is 12.2. The number of fused-ring (bicyclic) bond motifs is 2. The van der Waals surface area contributed by atoms with E-state index in [2.05, 4.69) is 17.9 Å². The molecular weight excluding hydrogens is 320 g/mol. The van der Waals surface area contributed by atoms with Gasteiger partial charge in [0.2, 0.25) is 6.79 Å². The van der Waals surface area contributed by atoms with E-state index in [9.17, 15) is 4.79 Å². The topological polar surface area (TPSA) is 60.9 Å². The highest BCUT2D eigenvalue weighted by molar-refractivity contribution is 5.87. The number of carbonyl (C=O) groups is 1. The van der Waals surface area contributed by atoms with Gasteiger partial charge in [0.25, 0.3) is 0 Å². The van der Waals surface area contributed by atoms with Crippen molar-refractivity contribution in [1.82, 2.24) is 4.98 Å². The highest BCUT2D eigenvalue weighted by atomic mass is 16.7. The maximum absolute atomic E-state index is 12.1. The number of piperidine rings is 1. The molecule has 1 aromatic heterocycles. The second kappa shape index (κ2) is 6.43. The van der Waals surface area contributed by atoms with E-state index in [1.165, 1.54) is 0 Å². The molecule has 2 aliphatic heterocycles. The maximum atomic E-state index is 12.1. The van der Waals surface area contributed by atoms with Gasteiger partial charge in [-0.25, -0.2) is 4.98 Å². The van der Waals surface area contributed by atoms with Crippen molar-refractivity contribution in [2.45, 2.75) is 26.7 Å². The number of carbonyl (C=O) groups excluding carboxylic acids is 1. The summed E-state index contributed by atoms with van der Waals surface area (Å²) >= 11 is 0. The zero-order valence-electron chi connectivity index (χ0n) is 14.6. The zero-order valence-corrected chi connectivity index (χ0v) is 14.6. The number of esters is 1. The van der Waals surface area contributed by atoms with Gasteiger partial charge < -0.3 is 19.1 Å². The molecule has 25 heavy (non-hydrogen) atoms. The van der Waals surface area contributed by atoms with E-state index in [4.69, 9.17) is 19.2 Å². The standard InChI is InChI=1S/C19H22N2O4/c1-3-23-19(22)13-5-4-6-21(10-13)18-7-12(2)14-8-16-17(25-11-24-16)9-15(14)20-18/h7-9,13H,3-6,10-11H2,1-2H3/t13-/m0/s1. The van der Waals surface area contributed by atoms with Gasteiger partial charge in [0.05, 0.1) is 18.0 Å². The van der Waals surface area contributed by atoms with Crippen LogP contribution in [-0.2, 0) is 9.53 Å². The summed E-state index contributed by atoms with van der Waals surface area (Å²) < 4.78 is 16.1. The minimum atomic E-state index is -0.104. The highest BCUT2D eigenvalue weighted by Gasteiger charge is 2.28. The summed E-state index contributed by atoms with van der Waals surface area (Å²) in [5.41, 5.74) is 2.02. The van der Waals surface area contributed by atoms with Crippen molar-refractivity contribution in [3.63, 3.8) is 0 Å². The van der Waals surface area contributed by atoms with Crippen LogP contribution in [0.15, 0.2) is 18.2 Å². The van der Waals surface area contributed by atoms with E-state index in [-0.39, 0.29) is 18.7 Å². The molecule has 0 aliphatic carbocycles. The number of rotatable bonds is 3. The Hall–Kier alpha value is -2.50. The Balaban J connectivity index is 1.64. The van der Waals surface area contributed by atoms with Crippen LogP contribution in [0.4, 0.5) is 5.82 Å². The number of hydrogen-bond acceptors (Lipinski definition) is 6. The number of aryl methyl sites for hydroxylation is 1. The molecule has 0 amide bonds. The molecule has 0 saturated carbocycles. The van der Waals surface area contributed by atoms with Gasteiger partial charge in [0.1, 0.15) is 5.82 Å². The highest BCUT2D eigenvalue weighted by Crippen LogP contribution is 2.37. The van der Waals surface area contributed by atoms with E-state index in [1.807, 2.05) is 19.1 Å². The molecule has 1 fully saturated rings. The van der Waals surface area contributed by atoms with E-state index in [0.717, 1.165) is 53.2 Å². The third-order valence-corrected chi connectivity index (χ3v) is 4.86. The summed E-state index contributed by atoms with van der Waals surface area (Å²) in [6.07, 6.45) is 1.84. The van der Waals surface area contributed by atoms with Crippen LogP contribution >= 0.6 is 0 Å². The molecule has 0 radical (unpaired) electrons. The van der Waals surface area contributed by atoms with Gasteiger partial charge in [-0.3, -0.25) is 4.79 Å².